The van der Waals surface area contributed by atoms with Crippen molar-refractivity contribution >= 4 is 11.9 Å². The fourth-order valence-electron chi connectivity index (χ4n) is 1.52. The van der Waals surface area contributed by atoms with Gasteiger partial charge in [-0.1, -0.05) is 12.1 Å². The molecule has 1 amide bonds. The lowest BCUT2D eigenvalue weighted by atomic mass is 10.1. The molecule has 1 unspecified atom stereocenters. The fraction of sp³-hybridized carbons (Fsp3) is 0.333. The number of carboxylic acids is 1. The van der Waals surface area contributed by atoms with Crippen molar-refractivity contribution in [2.24, 2.45) is 0 Å². The van der Waals surface area contributed by atoms with Crippen LogP contribution in [0, 0.1) is 0 Å². The van der Waals surface area contributed by atoms with Gasteiger partial charge >= 0.3 is 18.8 Å². The van der Waals surface area contributed by atoms with Gasteiger partial charge in [-0.15, -0.1) is 0 Å². The second kappa shape index (κ2) is 7.05. The minimum absolute atomic E-state index is 0.503. The van der Waals surface area contributed by atoms with Gasteiger partial charge in [0, 0.05) is 0 Å². The lowest BCUT2D eigenvalue weighted by Crippen LogP contribution is -2.43. The second-order valence-electron chi connectivity index (χ2n) is 4.06. The minimum atomic E-state index is -4.82. The average Bonchev–Trinajstić information content (AvgIpc) is 2.36. The lowest BCUT2D eigenvalue weighted by Gasteiger charge is -2.17. The molecule has 1 atom stereocenters. The predicted octanol–water partition coefficient (Wildman–Crippen LogP) is 2.42. The van der Waals surface area contributed by atoms with E-state index in [-0.39, 0.29) is 0 Å². The van der Waals surface area contributed by atoms with E-state index in [9.17, 15) is 31.5 Å². The van der Waals surface area contributed by atoms with Gasteiger partial charge in [0.15, 0.2) is 0 Å². The second-order valence-corrected chi connectivity index (χ2v) is 4.06. The number of alkyl halides is 5. The van der Waals surface area contributed by atoms with Crippen molar-refractivity contribution in [2.75, 3.05) is 0 Å². The molecule has 0 aliphatic carbocycles. The van der Waals surface area contributed by atoms with Crippen LogP contribution in [0.4, 0.5) is 22.0 Å². The summed E-state index contributed by atoms with van der Waals surface area (Å²) in [6.07, 6.45) is -6.62. The molecule has 0 saturated carbocycles. The number of ether oxygens (including phenoxy) is 1. The van der Waals surface area contributed by atoms with Crippen LogP contribution in [0.25, 0.3) is 0 Å². The summed E-state index contributed by atoms with van der Waals surface area (Å²) in [6, 6.07) is 2.29. The van der Waals surface area contributed by atoms with Crippen LogP contribution in [0.5, 0.6) is 5.75 Å². The number of aliphatic carboxylic acids is 1. The molecule has 0 aromatic heterocycles. The quantitative estimate of drug-likeness (QED) is 0.787. The Kier molecular flexibility index (Phi) is 5.66. The van der Waals surface area contributed by atoms with Crippen molar-refractivity contribution in [2.45, 2.75) is 25.3 Å². The van der Waals surface area contributed by atoms with Crippen molar-refractivity contribution in [1.82, 2.24) is 5.32 Å². The Morgan fingerprint density at radius 2 is 1.82 bits per heavy atom. The Balaban J connectivity index is 2.93. The van der Waals surface area contributed by atoms with Crippen LogP contribution in [0.3, 0.4) is 0 Å². The van der Waals surface area contributed by atoms with Gasteiger partial charge in [-0.2, -0.15) is 22.0 Å². The third-order valence-electron chi connectivity index (χ3n) is 2.39. The molecule has 22 heavy (non-hydrogen) atoms. The van der Waals surface area contributed by atoms with Crippen molar-refractivity contribution < 1.29 is 41.4 Å². The van der Waals surface area contributed by atoms with Gasteiger partial charge in [0.1, 0.15) is 11.8 Å². The summed E-state index contributed by atoms with van der Waals surface area (Å²) in [5.74, 6) is -3.75. The van der Waals surface area contributed by atoms with E-state index < -0.39 is 48.4 Å². The first kappa shape index (κ1) is 17.7. The maximum Gasteiger partial charge on any atom is 0.391 e. The maximum atomic E-state index is 12.2. The van der Waals surface area contributed by atoms with Gasteiger partial charge < -0.3 is 15.2 Å². The van der Waals surface area contributed by atoms with Crippen LogP contribution in [-0.2, 0) is 4.79 Å². The smallest absolute Gasteiger partial charge is 0.391 e. The number of carboxylic acid groups (broad SMARTS) is 1. The molecule has 1 aromatic carbocycles. The Morgan fingerprint density at radius 3 is 2.32 bits per heavy atom. The van der Waals surface area contributed by atoms with Gasteiger partial charge in [0.25, 0.3) is 5.91 Å². The standard InChI is InChI=1S/C12H10F5NO4/c13-11(14)22-8-4-2-1-3-6(8)9(19)18-7(10(20)21)5-12(15,16)17/h1-4,7,11H,5H2,(H,18,19)(H,20,21). The number of benzene rings is 1. The topological polar surface area (TPSA) is 75.6 Å². The average molecular weight is 327 g/mol. The molecule has 0 spiro atoms. The van der Waals surface area contributed by atoms with E-state index in [2.05, 4.69) is 4.74 Å². The van der Waals surface area contributed by atoms with Gasteiger partial charge in [-0.25, -0.2) is 4.79 Å². The largest absolute Gasteiger partial charge is 0.480 e. The number of carbonyl (C=O) groups is 2. The molecule has 0 aliphatic heterocycles. The molecular weight excluding hydrogens is 317 g/mol. The number of carbonyl (C=O) groups excluding carboxylic acids is 1. The summed E-state index contributed by atoms with van der Waals surface area (Å²) in [5, 5.41) is 10.3. The van der Waals surface area contributed by atoms with E-state index in [4.69, 9.17) is 5.11 Å². The lowest BCUT2D eigenvalue weighted by molar-refractivity contribution is -0.157. The zero-order valence-electron chi connectivity index (χ0n) is 10.7. The van der Waals surface area contributed by atoms with Crippen LogP contribution in [0.2, 0.25) is 0 Å². The normalized spacial score (nSPS) is 12.8. The molecule has 122 valence electrons. The highest BCUT2D eigenvalue weighted by atomic mass is 19.4. The van der Waals surface area contributed by atoms with Gasteiger partial charge in [0.2, 0.25) is 0 Å². The number of para-hydroxylation sites is 1. The van der Waals surface area contributed by atoms with Crippen LogP contribution < -0.4 is 10.1 Å². The summed E-state index contributed by atoms with van der Waals surface area (Å²) in [5.41, 5.74) is -0.503. The SMILES string of the molecule is O=C(NC(CC(F)(F)F)C(=O)O)c1ccccc1OC(F)F. The van der Waals surface area contributed by atoms with E-state index in [0.717, 1.165) is 12.1 Å². The number of halogens is 5. The Hall–Kier alpha value is -2.39. The first-order valence-corrected chi connectivity index (χ1v) is 5.74. The number of hydrogen-bond acceptors (Lipinski definition) is 3. The Bertz CT molecular complexity index is 547. The Labute approximate surface area is 120 Å². The highest BCUT2D eigenvalue weighted by molar-refractivity contribution is 5.98. The van der Waals surface area contributed by atoms with Crippen LogP contribution in [-0.4, -0.2) is 35.8 Å². The van der Waals surface area contributed by atoms with Crippen LogP contribution in [0.15, 0.2) is 24.3 Å². The van der Waals surface area contributed by atoms with Crippen molar-refractivity contribution in [1.29, 1.82) is 0 Å². The third kappa shape index (κ3) is 5.54. The molecule has 5 nitrogen and oxygen atoms in total. The van der Waals surface area contributed by atoms with E-state index in [0.29, 0.717) is 0 Å². The molecule has 10 heteroatoms. The molecular formula is C12H10F5NO4. The number of hydrogen-bond donors (Lipinski definition) is 2. The number of rotatable bonds is 6. The molecule has 2 N–H and O–H groups in total. The monoisotopic (exact) mass is 327 g/mol. The van der Waals surface area contributed by atoms with Crippen molar-refractivity contribution in [3.8, 4) is 5.75 Å². The number of nitrogens with one attached hydrogen (secondary N) is 1. The number of amides is 1. The van der Waals surface area contributed by atoms with Gasteiger partial charge in [-0.3, -0.25) is 4.79 Å². The van der Waals surface area contributed by atoms with Gasteiger partial charge in [-0.05, 0) is 12.1 Å². The molecule has 0 bridgehead atoms. The van der Waals surface area contributed by atoms with E-state index >= 15 is 0 Å². The predicted molar refractivity (Wildman–Crippen MR) is 62.6 cm³/mol. The fourth-order valence-corrected chi connectivity index (χ4v) is 1.52. The zero-order chi connectivity index (χ0) is 16.9. The Morgan fingerprint density at radius 1 is 1.23 bits per heavy atom. The van der Waals surface area contributed by atoms with E-state index in [1.54, 1.807) is 5.32 Å². The molecule has 0 aliphatic rings. The van der Waals surface area contributed by atoms with Gasteiger partial charge in [0.05, 0.1) is 12.0 Å². The van der Waals surface area contributed by atoms with Crippen LogP contribution >= 0.6 is 0 Å². The molecule has 1 aromatic rings. The first-order chi connectivity index (χ1) is 10.1. The molecule has 1 rings (SSSR count). The molecule has 0 radical (unpaired) electrons. The molecule has 0 fully saturated rings. The van der Waals surface area contributed by atoms with Crippen molar-refractivity contribution in [3.63, 3.8) is 0 Å². The maximum absolute atomic E-state index is 12.2. The summed E-state index contributed by atoms with van der Waals surface area (Å²) >= 11 is 0. The molecule has 0 heterocycles. The summed E-state index contributed by atoms with van der Waals surface area (Å²) in [6.45, 7) is -3.25. The van der Waals surface area contributed by atoms with Crippen molar-refractivity contribution in [3.05, 3.63) is 29.8 Å². The van der Waals surface area contributed by atoms with E-state index in [1.807, 2.05) is 0 Å². The highest BCUT2D eigenvalue weighted by Crippen LogP contribution is 2.23. The summed E-state index contributed by atoms with van der Waals surface area (Å²) in [7, 11) is 0. The van der Waals surface area contributed by atoms with E-state index in [1.165, 1.54) is 12.1 Å². The zero-order valence-corrected chi connectivity index (χ0v) is 10.7. The first-order valence-electron chi connectivity index (χ1n) is 5.74. The van der Waals surface area contributed by atoms with Crippen LogP contribution in [0.1, 0.15) is 16.8 Å². The summed E-state index contributed by atoms with van der Waals surface area (Å²) < 4.78 is 65.1. The molecule has 0 saturated heterocycles. The third-order valence-corrected chi connectivity index (χ3v) is 2.39. The summed E-state index contributed by atoms with van der Waals surface area (Å²) in [4.78, 5) is 22.5. The highest BCUT2D eigenvalue weighted by Gasteiger charge is 2.36. The minimum Gasteiger partial charge on any atom is -0.480 e.